The summed E-state index contributed by atoms with van der Waals surface area (Å²) in [4.78, 5) is 56.0. The van der Waals surface area contributed by atoms with Crippen molar-refractivity contribution in [3.05, 3.63) is 144 Å². The lowest BCUT2D eigenvalue weighted by atomic mass is 9.86. The summed E-state index contributed by atoms with van der Waals surface area (Å²) in [5.74, 6) is -0.560. The van der Waals surface area contributed by atoms with Crippen molar-refractivity contribution in [3.8, 4) is 5.69 Å². The van der Waals surface area contributed by atoms with Crippen LogP contribution in [0.25, 0.3) is 5.69 Å². The highest BCUT2D eigenvalue weighted by Crippen LogP contribution is 2.69. The average Bonchev–Trinajstić information content (AvgIpc) is 3.76. The van der Waals surface area contributed by atoms with Crippen LogP contribution in [0.5, 0.6) is 0 Å². The van der Waals surface area contributed by atoms with Gasteiger partial charge in [0.15, 0.2) is 0 Å². The second-order valence-corrected chi connectivity index (χ2v) is 11.3. The number of carbonyl (C=O) groups excluding carboxylic acids is 2. The van der Waals surface area contributed by atoms with Crippen LogP contribution in [0.3, 0.4) is 0 Å². The number of rotatable bonds is 5. The first kappa shape index (κ1) is 22.4. The van der Waals surface area contributed by atoms with Crippen molar-refractivity contribution >= 4 is 22.9 Å². The summed E-state index contributed by atoms with van der Waals surface area (Å²) in [5, 5.41) is 0. The van der Waals surface area contributed by atoms with Crippen LogP contribution in [-0.2, 0) is 0 Å². The fourth-order valence-corrected chi connectivity index (χ4v) is 8.38. The molecule has 8 heteroatoms. The molecular weight excluding hydrogens is 510 g/mol. The van der Waals surface area contributed by atoms with Gasteiger partial charge in [0, 0.05) is 23.0 Å². The molecule has 0 radical (unpaired) electrons. The molecule has 3 aliphatic rings. The number of aromatic nitrogens is 3. The maximum absolute atomic E-state index is 13.8. The van der Waals surface area contributed by atoms with Crippen LogP contribution >= 0.6 is 11.3 Å². The summed E-state index contributed by atoms with van der Waals surface area (Å²) >= 11 is 1.26. The summed E-state index contributed by atoms with van der Waals surface area (Å²) in [6.45, 7) is 0. The lowest BCUT2D eigenvalue weighted by Gasteiger charge is -2.25. The standard InChI is InChI=1S/C31H21N3O4S/c35-26(17-10-4-1-5-11-17)28-22-20-16-21-23(24(22)29(39-28)27(36)18-12-6-2-7-13-18)25(20)34-31(38)32(30(37)33(21)34)19-14-8-3-9-15-19/h1-15,20-21,23,25H,16H2. The number of carbonyl (C=O) groups is 2. The van der Waals surface area contributed by atoms with E-state index in [1.54, 1.807) is 57.9 Å². The molecule has 2 aromatic heterocycles. The van der Waals surface area contributed by atoms with Gasteiger partial charge >= 0.3 is 11.4 Å². The number of nitrogens with zero attached hydrogens (tertiary/aromatic N) is 3. The number of ketones is 2. The zero-order valence-electron chi connectivity index (χ0n) is 20.6. The third-order valence-corrected chi connectivity index (χ3v) is 9.70. The Labute approximate surface area is 226 Å². The molecule has 4 bridgehead atoms. The quantitative estimate of drug-likeness (QED) is 0.308. The van der Waals surface area contributed by atoms with Crippen LogP contribution in [0.1, 0.15) is 71.9 Å². The third-order valence-electron chi connectivity index (χ3n) is 8.48. The molecule has 3 aromatic carbocycles. The summed E-state index contributed by atoms with van der Waals surface area (Å²) in [6, 6.07) is 26.6. The first-order valence-corrected chi connectivity index (χ1v) is 13.8. The molecule has 0 saturated heterocycles. The molecule has 0 amide bonds. The van der Waals surface area contributed by atoms with Crippen LogP contribution in [0, 0.1) is 0 Å². The van der Waals surface area contributed by atoms with Gasteiger partial charge in [-0.05, 0) is 29.7 Å². The van der Waals surface area contributed by atoms with Crippen molar-refractivity contribution in [2.75, 3.05) is 0 Å². The molecule has 7 nitrogen and oxygen atoms in total. The van der Waals surface area contributed by atoms with Gasteiger partial charge in [-0.25, -0.2) is 23.5 Å². The molecule has 4 unspecified atom stereocenters. The minimum absolute atomic E-state index is 0.112. The number of para-hydroxylation sites is 1. The van der Waals surface area contributed by atoms with Gasteiger partial charge in [-0.15, -0.1) is 11.3 Å². The number of thiophene rings is 1. The molecule has 1 aliphatic heterocycles. The van der Waals surface area contributed by atoms with Crippen molar-refractivity contribution in [2.45, 2.75) is 30.3 Å². The van der Waals surface area contributed by atoms with Crippen LogP contribution in [0.2, 0.25) is 0 Å². The third kappa shape index (κ3) is 2.86. The molecule has 4 atom stereocenters. The summed E-state index contributed by atoms with van der Waals surface area (Å²) < 4.78 is 4.41. The Morgan fingerprint density at radius 1 is 0.667 bits per heavy atom. The number of fused-ring (bicyclic) bond motifs is 4. The topological polar surface area (TPSA) is 83.1 Å². The van der Waals surface area contributed by atoms with Gasteiger partial charge in [-0.1, -0.05) is 78.9 Å². The van der Waals surface area contributed by atoms with Crippen molar-refractivity contribution < 1.29 is 9.59 Å². The fourth-order valence-electron chi connectivity index (χ4n) is 7.03. The van der Waals surface area contributed by atoms with Gasteiger partial charge in [0.2, 0.25) is 11.6 Å². The van der Waals surface area contributed by atoms with E-state index in [2.05, 4.69) is 0 Å². The van der Waals surface area contributed by atoms with E-state index >= 15 is 0 Å². The Kier molecular flexibility index (Phi) is 4.58. The maximum atomic E-state index is 13.8. The van der Waals surface area contributed by atoms with E-state index in [-0.39, 0.29) is 46.9 Å². The Morgan fingerprint density at radius 2 is 1.18 bits per heavy atom. The van der Waals surface area contributed by atoms with Crippen molar-refractivity contribution in [1.29, 1.82) is 0 Å². The normalized spacial score (nSPS) is 21.6. The van der Waals surface area contributed by atoms with E-state index in [9.17, 15) is 19.2 Å². The number of benzene rings is 3. The minimum atomic E-state index is -0.380. The molecular formula is C31H21N3O4S. The Bertz CT molecular complexity index is 1930. The van der Waals surface area contributed by atoms with Crippen molar-refractivity contribution in [3.63, 3.8) is 0 Å². The molecule has 1 saturated carbocycles. The highest BCUT2D eigenvalue weighted by molar-refractivity contribution is 7.16. The van der Waals surface area contributed by atoms with Crippen molar-refractivity contribution in [2.24, 2.45) is 0 Å². The van der Waals surface area contributed by atoms with Crippen LogP contribution in [0.15, 0.2) is 101 Å². The molecule has 5 aromatic rings. The van der Waals surface area contributed by atoms with Gasteiger partial charge in [0.25, 0.3) is 0 Å². The first-order chi connectivity index (χ1) is 19.1. The van der Waals surface area contributed by atoms with E-state index in [0.29, 0.717) is 33.0 Å². The predicted octanol–water partition coefficient (Wildman–Crippen LogP) is 4.70. The SMILES string of the molecule is O=C(c1ccccc1)c1sc(C(=O)c2ccccc2)c2c1C1CC3C2C1n1c(=O)n(-c2ccccc2)c(=O)n13. The second-order valence-electron chi connectivity index (χ2n) is 10.3. The first-order valence-electron chi connectivity index (χ1n) is 12.9. The van der Waals surface area contributed by atoms with Crippen molar-refractivity contribution in [1.82, 2.24) is 13.9 Å². The molecule has 0 N–H and O–H groups in total. The monoisotopic (exact) mass is 531 g/mol. The molecule has 3 heterocycles. The highest BCUT2D eigenvalue weighted by atomic mass is 32.1. The van der Waals surface area contributed by atoms with E-state index in [1.807, 2.05) is 42.5 Å². The van der Waals surface area contributed by atoms with E-state index in [4.69, 9.17) is 0 Å². The fraction of sp³-hybridized carbons (Fsp3) is 0.161. The van der Waals surface area contributed by atoms with E-state index < -0.39 is 0 Å². The summed E-state index contributed by atoms with van der Waals surface area (Å²) in [6.07, 6.45) is 0.658. The minimum Gasteiger partial charge on any atom is -0.288 e. The molecule has 8 rings (SSSR count). The van der Waals surface area contributed by atoms with Crippen LogP contribution < -0.4 is 11.4 Å². The zero-order valence-corrected chi connectivity index (χ0v) is 21.4. The van der Waals surface area contributed by atoms with Crippen LogP contribution in [-0.4, -0.2) is 25.5 Å². The summed E-state index contributed by atoms with van der Waals surface area (Å²) in [7, 11) is 0. The van der Waals surface area contributed by atoms with Gasteiger partial charge in [-0.2, -0.15) is 0 Å². The van der Waals surface area contributed by atoms with Gasteiger partial charge < -0.3 is 0 Å². The highest BCUT2D eigenvalue weighted by Gasteiger charge is 2.63. The summed E-state index contributed by atoms with van der Waals surface area (Å²) in [5.41, 5.74) is 2.64. The predicted molar refractivity (Wildman–Crippen MR) is 147 cm³/mol. The number of hydrogen-bond acceptors (Lipinski definition) is 5. The molecule has 0 spiro atoms. The average molecular weight is 532 g/mol. The Balaban J connectivity index is 1.32. The lowest BCUT2D eigenvalue weighted by Crippen LogP contribution is -2.31. The Morgan fingerprint density at radius 3 is 1.77 bits per heavy atom. The molecule has 190 valence electrons. The lowest BCUT2D eigenvalue weighted by molar-refractivity contribution is 0.103. The zero-order chi connectivity index (χ0) is 26.4. The largest absolute Gasteiger partial charge is 0.352 e. The van der Waals surface area contributed by atoms with Gasteiger partial charge in [0.05, 0.1) is 27.5 Å². The molecule has 1 fully saturated rings. The Hall–Kier alpha value is -4.56. The molecule has 39 heavy (non-hydrogen) atoms. The van der Waals surface area contributed by atoms with Crippen LogP contribution in [0.4, 0.5) is 0 Å². The van der Waals surface area contributed by atoms with Gasteiger partial charge in [0.1, 0.15) is 0 Å². The second kappa shape index (κ2) is 7.97. The maximum Gasteiger partial charge on any atom is 0.352 e. The van der Waals surface area contributed by atoms with E-state index in [0.717, 1.165) is 11.1 Å². The van der Waals surface area contributed by atoms with E-state index in [1.165, 1.54) is 15.9 Å². The smallest absolute Gasteiger partial charge is 0.288 e. The van der Waals surface area contributed by atoms with Gasteiger partial charge in [-0.3, -0.25) is 9.59 Å². The molecule has 2 aliphatic carbocycles. The number of hydrogen-bond donors (Lipinski definition) is 0.